The average Bonchev–Trinajstić information content (AvgIpc) is 3.41. The number of benzene rings is 2. The molecule has 8 nitrogen and oxygen atoms in total. The van der Waals surface area contributed by atoms with Gasteiger partial charge in [-0.15, -0.1) is 5.53 Å². The molecule has 3 heterocycles. The van der Waals surface area contributed by atoms with Crippen molar-refractivity contribution in [3.63, 3.8) is 0 Å². The number of hydrogen-bond donors (Lipinski definition) is 4. The number of rotatable bonds is 7. The van der Waals surface area contributed by atoms with Crippen LogP contribution in [0.15, 0.2) is 60.7 Å². The van der Waals surface area contributed by atoms with Crippen LogP contribution in [0.25, 0.3) is 10.9 Å². The molecule has 4 aromatic rings. The van der Waals surface area contributed by atoms with Gasteiger partial charge in [-0.05, 0) is 50.2 Å². The Morgan fingerprint density at radius 2 is 1.75 bits per heavy atom. The van der Waals surface area contributed by atoms with Gasteiger partial charge in [0.1, 0.15) is 17.0 Å². The number of pyridine rings is 2. The van der Waals surface area contributed by atoms with Gasteiger partial charge in [0.05, 0.1) is 43.6 Å². The van der Waals surface area contributed by atoms with E-state index in [1.807, 2.05) is 31.1 Å². The van der Waals surface area contributed by atoms with Crippen LogP contribution in [0.4, 0.5) is 21.5 Å². The lowest BCUT2D eigenvalue weighted by Crippen LogP contribution is -2.41. The van der Waals surface area contributed by atoms with E-state index in [1.54, 1.807) is 18.3 Å². The van der Waals surface area contributed by atoms with Gasteiger partial charge in [0.2, 0.25) is 0 Å². The summed E-state index contributed by atoms with van der Waals surface area (Å²) < 4.78 is 13.8. The van der Waals surface area contributed by atoms with Crippen molar-refractivity contribution in [1.82, 2.24) is 25.9 Å². The average molecular weight is 618 g/mol. The van der Waals surface area contributed by atoms with Crippen molar-refractivity contribution in [2.45, 2.75) is 25.9 Å². The van der Waals surface area contributed by atoms with Gasteiger partial charge in [-0.3, -0.25) is 9.99 Å². The fourth-order valence-electron chi connectivity index (χ4n) is 4.17. The zero-order valence-electron chi connectivity index (χ0n) is 21.0. The summed E-state index contributed by atoms with van der Waals surface area (Å²) in [4.78, 5) is 8.62. The molecule has 4 N–H and O–H groups in total. The van der Waals surface area contributed by atoms with E-state index in [0.29, 0.717) is 43.6 Å². The Morgan fingerprint density at radius 1 is 0.975 bits per heavy atom. The molecule has 40 heavy (non-hydrogen) atoms. The number of nitriles is 1. The van der Waals surface area contributed by atoms with E-state index < -0.39 is 11.9 Å². The quantitative estimate of drug-likeness (QED) is 0.156. The van der Waals surface area contributed by atoms with Crippen molar-refractivity contribution in [2.24, 2.45) is 0 Å². The topological polar surface area (TPSA) is 101 Å². The van der Waals surface area contributed by atoms with Crippen LogP contribution in [0.5, 0.6) is 0 Å². The molecule has 0 aliphatic carbocycles. The molecule has 13 heteroatoms. The SMILES string of the molecule is CC(C)N1C=C([C@@H](Nc2cc(Cl)c3ncc(C#N)c(Nc4ccc(F)c(Cl)c4)c3c2)c2cnc(Cl)cc2Cl)NN1. The maximum absolute atomic E-state index is 13.8. The molecule has 0 bridgehead atoms. The molecule has 204 valence electrons. The molecule has 0 radical (unpaired) electrons. The molecule has 2 aromatic heterocycles. The second-order valence-electron chi connectivity index (χ2n) is 9.19. The molecule has 0 amide bonds. The van der Waals surface area contributed by atoms with E-state index in [2.05, 4.69) is 37.6 Å². The normalized spacial score (nSPS) is 13.7. The fraction of sp³-hybridized carbons (Fsp3) is 0.148. The summed E-state index contributed by atoms with van der Waals surface area (Å²) in [6.07, 6.45) is 4.96. The van der Waals surface area contributed by atoms with E-state index in [9.17, 15) is 9.65 Å². The lowest BCUT2D eigenvalue weighted by atomic mass is 10.0. The molecular weight excluding hydrogens is 597 g/mol. The Labute approximate surface area is 249 Å². The summed E-state index contributed by atoms with van der Waals surface area (Å²) in [7, 11) is 0. The third kappa shape index (κ3) is 5.68. The summed E-state index contributed by atoms with van der Waals surface area (Å²) >= 11 is 25.3. The highest BCUT2D eigenvalue weighted by Gasteiger charge is 2.26. The van der Waals surface area contributed by atoms with Crippen LogP contribution in [0.2, 0.25) is 20.2 Å². The summed E-state index contributed by atoms with van der Waals surface area (Å²) in [6.45, 7) is 4.08. The maximum Gasteiger partial charge on any atom is 0.141 e. The smallest absolute Gasteiger partial charge is 0.141 e. The van der Waals surface area contributed by atoms with E-state index >= 15 is 0 Å². The van der Waals surface area contributed by atoms with Gasteiger partial charge in [-0.1, -0.05) is 46.4 Å². The van der Waals surface area contributed by atoms with E-state index in [0.717, 1.165) is 5.70 Å². The van der Waals surface area contributed by atoms with E-state index in [4.69, 9.17) is 46.4 Å². The van der Waals surface area contributed by atoms with Crippen LogP contribution >= 0.6 is 46.4 Å². The number of nitrogens with one attached hydrogen (secondary N) is 4. The first-order valence-corrected chi connectivity index (χ1v) is 13.5. The van der Waals surface area contributed by atoms with Crippen molar-refractivity contribution >= 4 is 74.4 Å². The van der Waals surface area contributed by atoms with Crippen LogP contribution in [0.1, 0.15) is 31.0 Å². The minimum Gasteiger partial charge on any atom is -0.373 e. The van der Waals surface area contributed by atoms with Crippen molar-refractivity contribution in [3.8, 4) is 6.07 Å². The summed E-state index contributed by atoms with van der Waals surface area (Å²) in [5.41, 5.74) is 9.99. The first kappa shape index (κ1) is 28.0. The predicted molar refractivity (Wildman–Crippen MR) is 158 cm³/mol. The molecule has 5 rings (SSSR count). The first-order chi connectivity index (χ1) is 19.1. The zero-order valence-corrected chi connectivity index (χ0v) is 24.1. The number of aromatic nitrogens is 2. The van der Waals surface area contributed by atoms with Crippen molar-refractivity contribution < 1.29 is 4.39 Å². The van der Waals surface area contributed by atoms with Crippen LogP contribution in [0.3, 0.4) is 0 Å². The molecule has 1 aliphatic rings. The Kier molecular flexibility index (Phi) is 8.08. The van der Waals surface area contributed by atoms with Gasteiger partial charge in [-0.2, -0.15) is 5.26 Å². The Bertz CT molecular complexity index is 1690. The third-order valence-corrected chi connectivity index (χ3v) is 7.29. The number of hydrazine groups is 2. The standard InChI is InChI=1S/C27H21Cl4FN8/c1-13(2)40-12-23(38-39-40)27(18-11-34-24(31)8-19(18)28)37-16-5-17-25(36-15-3-4-22(32)20(29)6-15)14(9-33)10-35-26(17)21(30)7-16/h3-8,10-13,27,37-39H,1-2H3,(H,35,36)/t27-/m0/s1. The highest BCUT2D eigenvalue weighted by molar-refractivity contribution is 6.36. The monoisotopic (exact) mass is 616 g/mol. The van der Waals surface area contributed by atoms with Crippen LogP contribution < -0.4 is 21.6 Å². The van der Waals surface area contributed by atoms with Crippen molar-refractivity contribution in [3.05, 3.63) is 97.9 Å². The highest BCUT2D eigenvalue weighted by atomic mass is 35.5. The number of nitrogens with zero attached hydrogens (tertiary/aromatic N) is 4. The van der Waals surface area contributed by atoms with E-state index in [1.165, 1.54) is 24.4 Å². The molecular formula is C27H21Cl4FN8. The molecule has 0 spiro atoms. The van der Waals surface area contributed by atoms with Crippen LogP contribution in [-0.4, -0.2) is 21.0 Å². The Hall–Kier alpha value is -3.52. The van der Waals surface area contributed by atoms with Gasteiger partial charge < -0.3 is 16.1 Å². The Balaban J connectivity index is 1.61. The number of anilines is 3. The number of hydrogen-bond acceptors (Lipinski definition) is 8. The molecule has 2 aromatic carbocycles. The summed E-state index contributed by atoms with van der Waals surface area (Å²) in [5.74, 6) is -0.552. The van der Waals surface area contributed by atoms with Crippen LogP contribution in [0, 0.1) is 17.1 Å². The van der Waals surface area contributed by atoms with Gasteiger partial charge >= 0.3 is 0 Å². The molecule has 0 saturated heterocycles. The van der Waals surface area contributed by atoms with Gasteiger partial charge in [0, 0.05) is 47.0 Å². The molecule has 1 aliphatic heterocycles. The summed E-state index contributed by atoms with van der Waals surface area (Å²) in [6, 6.07) is 11.1. The molecule has 0 saturated carbocycles. The van der Waals surface area contributed by atoms with Crippen molar-refractivity contribution in [1.29, 1.82) is 5.26 Å². The second kappa shape index (κ2) is 11.5. The predicted octanol–water partition coefficient (Wildman–Crippen LogP) is 7.73. The van der Waals surface area contributed by atoms with Gasteiger partial charge in [0.25, 0.3) is 0 Å². The highest BCUT2D eigenvalue weighted by Crippen LogP contribution is 2.38. The van der Waals surface area contributed by atoms with Gasteiger partial charge in [-0.25, -0.2) is 9.37 Å². The first-order valence-electron chi connectivity index (χ1n) is 12.0. The minimum atomic E-state index is -0.552. The molecule has 1 atom stereocenters. The Morgan fingerprint density at radius 3 is 2.42 bits per heavy atom. The minimum absolute atomic E-state index is 0.0556. The molecule has 0 unspecified atom stereocenters. The fourth-order valence-corrected chi connectivity index (χ4v) is 5.09. The number of fused-ring (bicyclic) bond motifs is 1. The maximum atomic E-state index is 13.8. The van der Waals surface area contributed by atoms with Crippen LogP contribution in [-0.2, 0) is 0 Å². The van der Waals surface area contributed by atoms with Gasteiger partial charge in [0.15, 0.2) is 0 Å². The second-order valence-corrected chi connectivity index (χ2v) is 10.8. The summed E-state index contributed by atoms with van der Waals surface area (Å²) in [5, 5.41) is 19.9. The third-order valence-electron chi connectivity index (χ3n) is 6.18. The lowest BCUT2D eigenvalue weighted by Gasteiger charge is -2.23. The lowest BCUT2D eigenvalue weighted by molar-refractivity contribution is 0.221. The van der Waals surface area contributed by atoms with Crippen molar-refractivity contribution in [2.75, 3.05) is 10.6 Å². The zero-order chi connectivity index (χ0) is 28.6. The molecule has 0 fully saturated rings. The van der Waals surface area contributed by atoms with E-state index in [-0.39, 0.29) is 21.8 Å². The largest absolute Gasteiger partial charge is 0.373 e. The number of halogens is 5.